The van der Waals surface area contributed by atoms with Crippen LogP contribution in [0.5, 0.6) is 0 Å². The Morgan fingerprint density at radius 3 is 0.828 bits per heavy atom. The molecule has 93 heavy (non-hydrogen) atoms. The molecule has 19 N–H and O–H groups in total. The van der Waals surface area contributed by atoms with E-state index < -0.39 is 164 Å². The van der Waals surface area contributed by atoms with Crippen LogP contribution in [0.1, 0.15) is 24.9 Å². The first-order valence-electron chi connectivity index (χ1n) is 26.3. The number of aliphatic hydroxyl groups excluding tert-OH is 4. The summed E-state index contributed by atoms with van der Waals surface area (Å²) >= 11 is 0. The van der Waals surface area contributed by atoms with E-state index in [1.54, 1.807) is 0 Å². The number of anilines is 4. The number of phosphoric ester groups is 5. The fourth-order valence-electron chi connectivity index (χ4n) is 10.4. The largest absolute Gasteiger partial charge is 0.472 e. The molecule has 8 aromatic rings. The van der Waals surface area contributed by atoms with Crippen molar-refractivity contribution in [1.29, 1.82) is 0 Å². The van der Waals surface area contributed by atoms with Crippen molar-refractivity contribution < 1.29 is 133 Å². The van der Waals surface area contributed by atoms with Crippen molar-refractivity contribution in [3.05, 3.63) is 50.6 Å². The van der Waals surface area contributed by atoms with Gasteiger partial charge in [0.05, 0.1) is 51.7 Å². The van der Waals surface area contributed by atoms with Gasteiger partial charge < -0.3 is 96.6 Å². The van der Waals surface area contributed by atoms with Crippen LogP contribution in [0.4, 0.5) is 23.3 Å². The maximum atomic E-state index is 14.2. The van der Waals surface area contributed by atoms with Crippen LogP contribution in [0.2, 0.25) is 0 Å². The van der Waals surface area contributed by atoms with Gasteiger partial charge in [0, 0.05) is 0 Å². The van der Waals surface area contributed by atoms with Crippen molar-refractivity contribution in [2.24, 2.45) is 0 Å². The first kappa shape index (κ1) is 66.6. The number of fused-ring (bicyclic) bond motifs is 4. The van der Waals surface area contributed by atoms with Crippen LogP contribution in [0, 0.1) is 0 Å². The molecule has 0 saturated carbocycles. The summed E-state index contributed by atoms with van der Waals surface area (Å²) in [4.78, 5) is 120. The number of ether oxygens (including phenoxy) is 4. The SMILES string of the molecule is Nc1ncnc2c1ncn2[C@@H]1O[C@H](COP(=O)(O)O[C@@H]2[C@@H](O)[C@@H](COP(=O)(O)O[C@@H]3[C@H](O)[C@@H](COP(=O)(O)O)O[C@H]3n3cnc4c(N)ncnc43)O[C@H]2n2cnc3c(N)ncnc32)[C@H](O)[C@H]1OP(=O)(O)OC[C@H]1O[C@@H](n2cnc3c(N)ncnc32)[C@H](OP(=O)(O)O)[C@@H]1O. The Labute approximate surface area is 514 Å². The summed E-state index contributed by atoms with van der Waals surface area (Å²) in [5, 5.41) is 46.3. The fraction of sp³-hybridized carbons (Fsp3) is 0.500. The van der Waals surface area contributed by atoms with Crippen LogP contribution < -0.4 is 22.9 Å². The molecule has 504 valence electrons. The normalized spacial score (nSPS) is 30.7. The second-order valence-electron chi connectivity index (χ2n) is 20.4. The van der Waals surface area contributed by atoms with E-state index in [2.05, 4.69) is 64.3 Å². The number of hydrogen-bond acceptors (Lipinski definition) is 37. The van der Waals surface area contributed by atoms with Gasteiger partial charge in [0.2, 0.25) is 0 Å². The number of aliphatic hydroxyl groups is 4. The number of nitrogens with zero attached hydrogens (tertiary/aromatic N) is 16. The van der Waals surface area contributed by atoms with Gasteiger partial charge in [-0.2, -0.15) is 0 Å². The summed E-state index contributed by atoms with van der Waals surface area (Å²) in [6, 6.07) is 0. The summed E-state index contributed by atoms with van der Waals surface area (Å²) in [5.74, 6) is -0.560. The Balaban J connectivity index is 0.757. The summed E-state index contributed by atoms with van der Waals surface area (Å²) in [7, 11) is -27.4. The maximum Gasteiger partial charge on any atom is 0.472 e. The number of nitrogen functional groups attached to an aromatic ring is 4. The molecule has 4 aliphatic rings. The second kappa shape index (κ2) is 25.3. The molecule has 4 saturated heterocycles. The Hall–Kier alpha value is -6.37. The summed E-state index contributed by atoms with van der Waals surface area (Å²) in [6.45, 7) is -4.43. The lowest BCUT2D eigenvalue weighted by Gasteiger charge is -2.25. The van der Waals surface area contributed by atoms with Gasteiger partial charge in [0.1, 0.15) is 121 Å². The van der Waals surface area contributed by atoms with Crippen molar-refractivity contribution in [1.82, 2.24) is 78.1 Å². The molecule has 0 bridgehead atoms. The van der Waals surface area contributed by atoms with Crippen LogP contribution in [-0.2, 0) is 78.0 Å². The van der Waals surface area contributed by atoms with E-state index in [0.29, 0.717) is 0 Å². The monoisotopic (exact) mass is 1410 g/mol. The number of rotatable bonds is 24. The van der Waals surface area contributed by atoms with Crippen LogP contribution in [-0.4, -0.2) is 232 Å². The Morgan fingerprint density at radius 2 is 0.591 bits per heavy atom. The minimum atomic E-state index is -5.68. The van der Waals surface area contributed by atoms with Gasteiger partial charge in [0.25, 0.3) is 0 Å². The molecule has 4 aliphatic heterocycles. The van der Waals surface area contributed by atoms with Gasteiger partial charge >= 0.3 is 39.1 Å². The molecule has 0 aliphatic carbocycles. The average Bonchev–Trinajstić information content (AvgIpc) is 1.64. The lowest BCUT2D eigenvalue weighted by Crippen LogP contribution is -2.37. The third kappa shape index (κ3) is 13.6. The van der Waals surface area contributed by atoms with Gasteiger partial charge in [-0.05, 0) is 0 Å². The van der Waals surface area contributed by atoms with Crippen molar-refractivity contribution in [2.45, 2.75) is 98.2 Å². The van der Waals surface area contributed by atoms with Crippen molar-refractivity contribution in [2.75, 3.05) is 49.4 Å². The highest BCUT2D eigenvalue weighted by atomic mass is 31.2. The molecule has 0 spiro atoms. The van der Waals surface area contributed by atoms with Crippen LogP contribution in [0.25, 0.3) is 44.7 Å². The molecule has 3 unspecified atom stereocenters. The lowest BCUT2D eigenvalue weighted by atomic mass is 10.1. The van der Waals surface area contributed by atoms with Crippen LogP contribution in [0.3, 0.4) is 0 Å². The first-order valence-corrected chi connectivity index (χ1v) is 33.9. The van der Waals surface area contributed by atoms with Crippen molar-refractivity contribution in [3.63, 3.8) is 0 Å². The molecule has 19 atom stereocenters. The molecular weight excluding hydrogens is 1360 g/mol. The third-order valence-electron chi connectivity index (χ3n) is 14.5. The van der Waals surface area contributed by atoms with E-state index >= 15 is 0 Å². The lowest BCUT2D eigenvalue weighted by molar-refractivity contribution is -0.0655. The zero-order chi connectivity index (χ0) is 66.4. The predicted molar refractivity (Wildman–Crippen MR) is 295 cm³/mol. The number of aromatic nitrogens is 16. The summed E-state index contributed by atoms with van der Waals surface area (Å²) in [5.41, 5.74) is 23.4. The molecule has 0 aromatic carbocycles. The highest BCUT2D eigenvalue weighted by Gasteiger charge is 2.56. The molecule has 12 rings (SSSR count). The zero-order valence-electron chi connectivity index (χ0n) is 46.2. The minimum absolute atomic E-state index is 0.000116. The standard InChI is InChI=1S/C40H51N20O28P5/c41-29-17-33(49-5-45-29)57(9-53-17)37-25(85-90(68,69)70)21(61)14(82-37)2-78-91(71,72)87-27-23(63)16(84-39(27)59-11-55-19-31(43)47-7-51-35(19)59)4-80-93(75,76)88-28-24(64)15(83-40(28)60-12-56-20-32(44)48-8-52-36(20)60)3-79-92(73,74)86-26-22(62)13(1-77-89(65,66)67)81-38(26)58-10-54-18-30(42)46-6-50-34(18)58/h5-16,21-28,37-40,61-64H,1-4H2,(H,71,72)(H,73,74)(H,75,76)(H2,41,45,49)(H2,42,46,50)(H2,43,47,51)(H2,44,48,52)(H2,65,66,67)(H2,68,69,70)/t13-,14-,15-,16-,21-,22-,23+,24+,25-,26-,27-,28-,37-,38-,39-,40-/m1/s1. The first-order chi connectivity index (χ1) is 43.8. The molecule has 53 heteroatoms. The molecule has 0 amide bonds. The predicted octanol–water partition coefficient (Wildman–Crippen LogP) is -4.20. The van der Waals surface area contributed by atoms with E-state index in [1.807, 2.05) is 0 Å². The minimum Gasteiger partial charge on any atom is -0.387 e. The quantitative estimate of drug-likeness (QED) is 0.0255. The number of phosphoric acid groups is 5. The number of imidazole rings is 4. The zero-order valence-corrected chi connectivity index (χ0v) is 50.7. The van der Waals surface area contributed by atoms with E-state index in [1.165, 1.54) is 0 Å². The molecule has 8 aromatic heterocycles. The van der Waals surface area contributed by atoms with Crippen LogP contribution >= 0.6 is 39.1 Å². The summed E-state index contributed by atoms with van der Waals surface area (Å²) < 4.78 is 135. The molecule has 12 heterocycles. The number of hydrogen-bond donors (Lipinski definition) is 15. The van der Waals surface area contributed by atoms with Gasteiger partial charge in [0.15, 0.2) is 70.8 Å². The molecule has 4 fully saturated rings. The van der Waals surface area contributed by atoms with Gasteiger partial charge in [-0.3, -0.25) is 54.5 Å². The van der Waals surface area contributed by atoms with E-state index in [4.69, 9.17) is 73.5 Å². The average molecular weight is 1410 g/mol. The van der Waals surface area contributed by atoms with Gasteiger partial charge in [-0.25, -0.2) is 82.6 Å². The molecule has 48 nitrogen and oxygen atoms in total. The van der Waals surface area contributed by atoms with Crippen LogP contribution in [0.15, 0.2) is 50.6 Å². The summed E-state index contributed by atoms with van der Waals surface area (Å²) in [6.07, 6.45) is -22.3. The van der Waals surface area contributed by atoms with Gasteiger partial charge in [-0.15, -0.1) is 0 Å². The second-order valence-corrected chi connectivity index (χ2v) is 27.1. The highest BCUT2D eigenvalue weighted by molar-refractivity contribution is 7.48. The topological polar surface area (TPSA) is 697 Å². The van der Waals surface area contributed by atoms with Gasteiger partial charge in [-0.1, -0.05) is 0 Å². The van der Waals surface area contributed by atoms with E-state index in [0.717, 1.165) is 68.9 Å². The maximum absolute atomic E-state index is 14.2. The smallest absolute Gasteiger partial charge is 0.387 e. The number of nitrogens with two attached hydrogens (primary N) is 4. The molecule has 0 radical (unpaired) electrons. The van der Waals surface area contributed by atoms with Crippen molar-refractivity contribution in [3.8, 4) is 0 Å². The third-order valence-corrected chi connectivity index (χ3v) is 18.5. The Bertz CT molecular complexity index is 4350. The fourth-order valence-corrected chi connectivity index (χ4v) is 14.1. The van der Waals surface area contributed by atoms with E-state index in [-0.39, 0.29) is 67.9 Å². The van der Waals surface area contributed by atoms with Crippen molar-refractivity contribution >= 4 is 107 Å². The Morgan fingerprint density at radius 1 is 0.355 bits per heavy atom. The Kier molecular flexibility index (Phi) is 18.1. The van der Waals surface area contributed by atoms with E-state index in [9.17, 15) is 77.5 Å². The highest BCUT2D eigenvalue weighted by Crippen LogP contribution is 2.55. The molecular formula is C40H51N20O28P5.